The Labute approximate surface area is 200 Å². The van der Waals surface area contributed by atoms with Crippen molar-refractivity contribution in [3.8, 4) is 17.2 Å². The van der Waals surface area contributed by atoms with Gasteiger partial charge in [0.15, 0.2) is 17.2 Å². The van der Waals surface area contributed by atoms with Gasteiger partial charge in [-0.2, -0.15) is 0 Å². The van der Waals surface area contributed by atoms with Gasteiger partial charge in [-0.3, -0.25) is 4.90 Å². The summed E-state index contributed by atoms with van der Waals surface area (Å²) in [5.41, 5.74) is 3.46. The van der Waals surface area contributed by atoms with Gasteiger partial charge in [0.2, 0.25) is 6.79 Å². The average molecular weight is 455 g/mol. The number of benzene rings is 2. The first kappa shape index (κ1) is 25.2. The van der Waals surface area contributed by atoms with Gasteiger partial charge in [0.1, 0.15) is 5.75 Å². The van der Waals surface area contributed by atoms with Crippen molar-refractivity contribution in [2.45, 2.75) is 72.4 Å². The third-order valence-electron chi connectivity index (χ3n) is 6.78. The van der Waals surface area contributed by atoms with E-state index in [1.807, 2.05) is 33.8 Å². The molecule has 2 aromatic carbocycles. The predicted octanol–water partition coefficient (Wildman–Crippen LogP) is 6.65. The van der Waals surface area contributed by atoms with Crippen LogP contribution in [0.15, 0.2) is 36.4 Å². The molecule has 3 aliphatic heterocycles. The normalized spacial score (nSPS) is 22.8. The van der Waals surface area contributed by atoms with Crippen molar-refractivity contribution in [2.24, 2.45) is 0 Å². The fourth-order valence-electron chi connectivity index (χ4n) is 4.89. The van der Waals surface area contributed by atoms with E-state index < -0.39 is 0 Å². The molecule has 0 amide bonds. The van der Waals surface area contributed by atoms with Crippen LogP contribution in [0.5, 0.6) is 17.2 Å². The highest BCUT2D eigenvalue weighted by molar-refractivity contribution is 5.57. The van der Waals surface area contributed by atoms with E-state index in [0.717, 1.165) is 43.3 Å². The monoisotopic (exact) mass is 454 g/mol. The van der Waals surface area contributed by atoms with E-state index in [2.05, 4.69) is 61.0 Å². The van der Waals surface area contributed by atoms with Crippen LogP contribution in [-0.4, -0.2) is 44.1 Å². The molecule has 5 heteroatoms. The molecule has 1 fully saturated rings. The number of nitrogens with zero attached hydrogens (tertiary/aromatic N) is 2. The summed E-state index contributed by atoms with van der Waals surface area (Å²) in [4.78, 5) is 4.76. The minimum atomic E-state index is -0.305. The van der Waals surface area contributed by atoms with Crippen molar-refractivity contribution < 1.29 is 14.2 Å². The van der Waals surface area contributed by atoms with E-state index in [4.69, 9.17) is 14.2 Å². The molecule has 3 aliphatic rings. The van der Waals surface area contributed by atoms with Crippen LogP contribution in [-0.2, 0) is 0 Å². The Hall–Kier alpha value is -2.40. The molecule has 0 saturated carbocycles. The molecule has 0 radical (unpaired) electrons. The van der Waals surface area contributed by atoms with Crippen LogP contribution in [0, 0.1) is 0 Å². The third-order valence-corrected chi connectivity index (χ3v) is 6.78. The molecule has 1 saturated heterocycles. The number of hydrogen-bond acceptors (Lipinski definition) is 5. The van der Waals surface area contributed by atoms with Crippen LogP contribution in [0.3, 0.4) is 0 Å². The van der Waals surface area contributed by atoms with E-state index in [0.29, 0.717) is 0 Å². The van der Waals surface area contributed by atoms with E-state index >= 15 is 0 Å². The standard InChI is InChI=1S/C24H30N2O3.2C2H6/c1-4-25(3)18-9-7-17(8-10-18)20-15-24(2,26-11-5-6-12-26)29-21-14-23-22(13-19(20)21)27-16-28-23;2*1-2/h7-10,13-14,20H,4-6,11-12,15-16H2,1-3H3;2*1-2H3. The molecule has 3 heterocycles. The maximum Gasteiger partial charge on any atom is 0.231 e. The van der Waals surface area contributed by atoms with Crippen molar-refractivity contribution in [1.29, 1.82) is 0 Å². The Morgan fingerprint density at radius 2 is 1.55 bits per heavy atom. The molecule has 2 unspecified atom stereocenters. The summed E-state index contributed by atoms with van der Waals surface area (Å²) < 4.78 is 17.9. The van der Waals surface area contributed by atoms with Crippen LogP contribution in [0.1, 0.15) is 77.8 Å². The summed E-state index contributed by atoms with van der Waals surface area (Å²) >= 11 is 0. The smallest absolute Gasteiger partial charge is 0.231 e. The molecule has 0 spiro atoms. The molecule has 5 rings (SSSR count). The lowest BCUT2D eigenvalue weighted by atomic mass is 9.81. The van der Waals surface area contributed by atoms with Crippen LogP contribution in [0.2, 0.25) is 0 Å². The summed E-state index contributed by atoms with van der Waals surface area (Å²) in [5.74, 6) is 2.80. The van der Waals surface area contributed by atoms with Crippen LogP contribution >= 0.6 is 0 Å². The highest BCUT2D eigenvalue weighted by atomic mass is 16.7. The summed E-state index contributed by atoms with van der Waals surface area (Å²) in [6.45, 7) is 15.9. The number of ether oxygens (including phenoxy) is 3. The maximum absolute atomic E-state index is 6.64. The molecule has 0 N–H and O–H groups in total. The zero-order valence-electron chi connectivity index (χ0n) is 21.6. The molecule has 2 aromatic rings. The van der Waals surface area contributed by atoms with Crippen molar-refractivity contribution >= 4 is 5.69 Å². The minimum Gasteiger partial charge on any atom is -0.472 e. The van der Waals surface area contributed by atoms with Gasteiger partial charge in [0.05, 0.1) is 0 Å². The molecule has 0 aliphatic carbocycles. The first-order chi connectivity index (χ1) is 16.1. The zero-order chi connectivity index (χ0) is 24.0. The zero-order valence-corrected chi connectivity index (χ0v) is 21.6. The highest BCUT2D eigenvalue weighted by Crippen LogP contribution is 2.50. The topological polar surface area (TPSA) is 34.2 Å². The summed E-state index contributed by atoms with van der Waals surface area (Å²) in [7, 11) is 2.13. The van der Waals surface area contributed by atoms with E-state index in [-0.39, 0.29) is 18.4 Å². The van der Waals surface area contributed by atoms with Gasteiger partial charge in [0.25, 0.3) is 0 Å². The fourth-order valence-corrected chi connectivity index (χ4v) is 4.89. The van der Waals surface area contributed by atoms with Crippen molar-refractivity contribution in [1.82, 2.24) is 4.90 Å². The highest BCUT2D eigenvalue weighted by Gasteiger charge is 2.44. The van der Waals surface area contributed by atoms with E-state index in [1.54, 1.807) is 0 Å². The third kappa shape index (κ3) is 5.08. The second kappa shape index (κ2) is 11.1. The van der Waals surface area contributed by atoms with Gasteiger partial charge in [-0.05, 0) is 50.5 Å². The average Bonchev–Trinajstić information content (AvgIpc) is 3.57. The van der Waals surface area contributed by atoms with Crippen molar-refractivity contribution in [3.05, 3.63) is 47.5 Å². The maximum atomic E-state index is 6.64. The number of likely N-dealkylation sites (tertiary alicyclic amines) is 1. The van der Waals surface area contributed by atoms with E-state index in [1.165, 1.54) is 29.7 Å². The number of rotatable bonds is 4. The second-order valence-corrected chi connectivity index (χ2v) is 8.58. The molecule has 0 aromatic heterocycles. The lowest BCUT2D eigenvalue weighted by Crippen LogP contribution is -2.52. The Morgan fingerprint density at radius 3 is 2.15 bits per heavy atom. The Bertz CT molecular complexity index is 893. The Kier molecular flexibility index (Phi) is 8.52. The van der Waals surface area contributed by atoms with Gasteiger partial charge in [-0.25, -0.2) is 0 Å². The van der Waals surface area contributed by atoms with E-state index in [9.17, 15) is 0 Å². The van der Waals surface area contributed by atoms with Crippen LogP contribution in [0.25, 0.3) is 0 Å². The molecule has 2 atom stereocenters. The molecule has 0 bridgehead atoms. The van der Waals surface area contributed by atoms with Crippen LogP contribution in [0.4, 0.5) is 5.69 Å². The first-order valence-electron chi connectivity index (χ1n) is 12.8. The number of fused-ring (bicyclic) bond motifs is 2. The van der Waals surface area contributed by atoms with Crippen molar-refractivity contribution in [3.63, 3.8) is 0 Å². The summed E-state index contributed by atoms with van der Waals surface area (Å²) in [6.07, 6.45) is 3.42. The van der Waals surface area contributed by atoms with Gasteiger partial charge in [-0.15, -0.1) is 0 Å². The van der Waals surface area contributed by atoms with Gasteiger partial charge >= 0.3 is 0 Å². The van der Waals surface area contributed by atoms with Gasteiger partial charge < -0.3 is 19.1 Å². The molecule has 182 valence electrons. The summed E-state index contributed by atoms with van der Waals surface area (Å²) in [5, 5.41) is 0. The lowest BCUT2D eigenvalue weighted by Gasteiger charge is -2.45. The predicted molar refractivity (Wildman–Crippen MR) is 137 cm³/mol. The quantitative estimate of drug-likeness (QED) is 0.517. The van der Waals surface area contributed by atoms with Crippen molar-refractivity contribution in [2.75, 3.05) is 38.4 Å². The largest absolute Gasteiger partial charge is 0.472 e. The number of anilines is 1. The summed E-state index contributed by atoms with van der Waals surface area (Å²) in [6, 6.07) is 13.2. The first-order valence-corrected chi connectivity index (χ1v) is 12.8. The SMILES string of the molecule is CC.CC.CCN(C)c1ccc(C2CC(C)(N3CCCC3)Oc3cc4c(cc32)OCO4)cc1. The minimum absolute atomic E-state index is 0.264. The van der Waals surface area contributed by atoms with Gasteiger partial charge in [0, 0.05) is 56.3 Å². The Balaban J connectivity index is 0.000000728. The van der Waals surface area contributed by atoms with Crippen LogP contribution < -0.4 is 19.1 Å². The molecule has 33 heavy (non-hydrogen) atoms. The lowest BCUT2D eigenvalue weighted by molar-refractivity contribution is -0.0768. The van der Waals surface area contributed by atoms with Gasteiger partial charge in [-0.1, -0.05) is 39.8 Å². The second-order valence-electron chi connectivity index (χ2n) is 8.58. The Morgan fingerprint density at radius 1 is 0.939 bits per heavy atom. The molecular weight excluding hydrogens is 412 g/mol. The number of hydrogen-bond donors (Lipinski definition) is 0. The molecule has 5 nitrogen and oxygen atoms in total. The fraction of sp³-hybridized carbons (Fsp3) is 0.571. The molecular formula is C28H42N2O3.